The highest BCUT2D eigenvalue weighted by Gasteiger charge is 2.27. The normalized spacial score (nSPS) is 14.1. The zero-order chi connectivity index (χ0) is 45.7. The Morgan fingerprint density at radius 3 is 1.31 bits per heavy atom. The summed E-state index contributed by atoms with van der Waals surface area (Å²) in [4.78, 5) is 35.5. The molecule has 10 heteroatoms. The van der Waals surface area contributed by atoms with Crippen LogP contribution in [0.5, 0.6) is 0 Å². The van der Waals surface area contributed by atoms with Crippen LogP contribution in [0.25, 0.3) is 0 Å². The quantitative estimate of drug-likeness (QED) is 0.0212. The lowest BCUT2D eigenvalue weighted by Crippen LogP contribution is -2.37. The third-order valence-corrected chi connectivity index (χ3v) is 11.2. The molecule has 0 aromatic heterocycles. The van der Waals surface area contributed by atoms with Crippen molar-refractivity contribution in [3.63, 3.8) is 0 Å². The highest BCUT2D eigenvalue weighted by atomic mass is 31.2. The molecule has 0 saturated carbocycles. The fourth-order valence-electron chi connectivity index (χ4n) is 6.32. The van der Waals surface area contributed by atoms with Crippen LogP contribution in [0, 0.1) is 0 Å². The molecule has 0 aliphatic heterocycles. The Kier molecular flexibility index (Phi) is 41.9. The summed E-state index contributed by atoms with van der Waals surface area (Å²) in [5.74, 6) is -0.842. The Labute approximate surface area is 380 Å². The number of unbranched alkanes of at least 4 members (excludes halogenated alkanes) is 18. The Morgan fingerprint density at radius 1 is 0.500 bits per heavy atom. The molecule has 0 saturated heterocycles. The summed E-state index contributed by atoms with van der Waals surface area (Å²) >= 11 is 0. The van der Waals surface area contributed by atoms with Crippen LogP contribution in [0.15, 0.2) is 72.9 Å². The van der Waals surface area contributed by atoms with Gasteiger partial charge in [-0.1, -0.05) is 164 Å². The lowest BCUT2D eigenvalue weighted by atomic mass is 10.1. The molecule has 0 amide bonds. The molecule has 62 heavy (non-hydrogen) atoms. The first-order chi connectivity index (χ1) is 30.0. The van der Waals surface area contributed by atoms with Gasteiger partial charge in [0.25, 0.3) is 0 Å². The van der Waals surface area contributed by atoms with Crippen molar-refractivity contribution >= 4 is 19.8 Å². The van der Waals surface area contributed by atoms with E-state index in [1.165, 1.54) is 83.5 Å². The Balaban J connectivity index is 4.37. The lowest BCUT2D eigenvalue weighted by molar-refractivity contribution is -0.870. The number of carbonyl (C=O) groups excluding carboxylic acids is 2. The molecular formula is C52H93NO8P+. The van der Waals surface area contributed by atoms with E-state index in [9.17, 15) is 19.0 Å². The van der Waals surface area contributed by atoms with Gasteiger partial charge in [0.1, 0.15) is 19.8 Å². The Bertz CT molecular complexity index is 1280. The molecule has 1 unspecified atom stereocenters. The average molecular weight is 891 g/mol. The minimum atomic E-state index is -4.39. The van der Waals surface area contributed by atoms with Gasteiger partial charge < -0.3 is 18.9 Å². The fourth-order valence-corrected chi connectivity index (χ4v) is 7.06. The topological polar surface area (TPSA) is 108 Å². The zero-order valence-electron chi connectivity index (χ0n) is 40.3. The Morgan fingerprint density at radius 2 is 0.871 bits per heavy atom. The first-order valence-corrected chi connectivity index (χ1v) is 26.2. The molecule has 2 atom stereocenters. The zero-order valence-corrected chi connectivity index (χ0v) is 41.2. The van der Waals surface area contributed by atoms with E-state index in [2.05, 4.69) is 86.8 Å². The monoisotopic (exact) mass is 891 g/mol. The molecule has 0 spiro atoms. The minimum Gasteiger partial charge on any atom is -0.462 e. The molecule has 0 rings (SSSR count). The second kappa shape index (κ2) is 43.7. The lowest BCUT2D eigenvalue weighted by Gasteiger charge is -2.24. The summed E-state index contributed by atoms with van der Waals surface area (Å²) in [6.07, 6.45) is 55.2. The number of allylic oxidation sites excluding steroid dienone is 12. The number of rotatable bonds is 44. The number of carbonyl (C=O) groups is 2. The smallest absolute Gasteiger partial charge is 0.462 e. The maximum Gasteiger partial charge on any atom is 0.472 e. The van der Waals surface area contributed by atoms with Gasteiger partial charge in [-0.3, -0.25) is 18.6 Å². The van der Waals surface area contributed by atoms with Crippen LogP contribution in [0.4, 0.5) is 0 Å². The molecule has 9 nitrogen and oxygen atoms in total. The summed E-state index contributed by atoms with van der Waals surface area (Å²) in [5, 5.41) is 0. The number of likely N-dealkylation sites (N-methyl/N-ethyl adjacent to an activating group) is 1. The Hall–Kier alpha value is -2.55. The number of hydrogen-bond acceptors (Lipinski definition) is 7. The molecule has 0 fully saturated rings. The van der Waals surface area contributed by atoms with E-state index in [4.69, 9.17) is 18.5 Å². The molecular weight excluding hydrogens is 798 g/mol. The van der Waals surface area contributed by atoms with E-state index in [1.54, 1.807) is 0 Å². The number of ether oxygens (including phenoxy) is 2. The first-order valence-electron chi connectivity index (χ1n) is 24.7. The average Bonchev–Trinajstić information content (AvgIpc) is 3.23. The van der Waals surface area contributed by atoms with E-state index in [1.807, 2.05) is 21.1 Å². The fraction of sp³-hybridized carbons (Fsp3) is 0.731. The third-order valence-electron chi connectivity index (χ3n) is 10.2. The number of quaternary nitrogens is 1. The van der Waals surface area contributed by atoms with E-state index < -0.39 is 26.5 Å². The van der Waals surface area contributed by atoms with Crippen molar-refractivity contribution in [3.8, 4) is 0 Å². The van der Waals surface area contributed by atoms with Gasteiger partial charge in [-0.2, -0.15) is 0 Å². The molecule has 0 radical (unpaired) electrons. The predicted octanol–water partition coefficient (Wildman–Crippen LogP) is 14.6. The minimum absolute atomic E-state index is 0.0212. The molecule has 1 N–H and O–H groups in total. The SMILES string of the molecule is CCCCC/C=C\C/C=C\C/C=C\C/C=C\CCCCCC(=O)O[C@H](COC(=O)CCCCCCCCCCC/C=C\C/C=C\CCCCC)COP(=O)(O)OCC[N+](C)(C)C. The third kappa shape index (κ3) is 46.9. The van der Waals surface area contributed by atoms with Crippen LogP contribution in [0.2, 0.25) is 0 Å². The maximum atomic E-state index is 12.7. The van der Waals surface area contributed by atoms with Gasteiger partial charge in [0.15, 0.2) is 6.10 Å². The van der Waals surface area contributed by atoms with Crippen molar-refractivity contribution < 1.29 is 42.1 Å². The van der Waals surface area contributed by atoms with E-state index in [0.29, 0.717) is 17.4 Å². The summed E-state index contributed by atoms with van der Waals surface area (Å²) < 4.78 is 34.4. The first kappa shape index (κ1) is 59.5. The molecule has 0 bridgehead atoms. The van der Waals surface area contributed by atoms with Crippen molar-refractivity contribution in [2.24, 2.45) is 0 Å². The highest BCUT2D eigenvalue weighted by molar-refractivity contribution is 7.47. The second-order valence-corrected chi connectivity index (χ2v) is 18.9. The van der Waals surface area contributed by atoms with Gasteiger partial charge in [0, 0.05) is 12.8 Å². The van der Waals surface area contributed by atoms with E-state index in [0.717, 1.165) is 77.0 Å². The van der Waals surface area contributed by atoms with Crippen LogP contribution in [0.1, 0.15) is 194 Å². The van der Waals surface area contributed by atoms with Crippen molar-refractivity contribution in [2.75, 3.05) is 47.5 Å². The summed E-state index contributed by atoms with van der Waals surface area (Å²) in [7, 11) is 1.44. The number of nitrogens with zero attached hydrogens (tertiary/aromatic N) is 1. The van der Waals surface area contributed by atoms with Crippen LogP contribution in [0.3, 0.4) is 0 Å². The molecule has 0 aliphatic carbocycles. The van der Waals surface area contributed by atoms with Gasteiger partial charge in [0.05, 0.1) is 27.7 Å². The van der Waals surface area contributed by atoms with E-state index in [-0.39, 0.29) is 32.0 Å². The summed E-state index contributed by atoms with van der Waals surface area (Å²) in [5.41, 5.74) is 0. The number of esters is 2. The number of hydrogen-bond donors (Lipinski definition) is 1. The van der Waals surface area contributed by atoms with Crippen LogP contribution in [-0.4, -0.2) is 74.9 Å². The summed E-state index contributed by atoms with van der Waals surface area (Å²) in [6, 6.07) is 0. The van der Waals surface area contributed by atoms with Crippen molar-refractivity contribution in [2.45, 2.75) is 200 Å². The van der Waals surface area contributed by atoms with Crippen molar-refractivity contribution in [1.82, 2.24) is 0 Å². The van der Waals surface area contributed by atoms with Crippen molar-refractivity contribution in [1.29, 1.82) is 0 Å². The highest BCUT2D eigenvalue weighted by Crippen LogP contribution is 2.43. The standard InChI is InChI=1S/C52H92NO8P/c1-6-8-10-12-14-16-18-20-22-24-26-28-30-32-34-36-38-40-42-44-51(54)58-48-50(49-60-62(56,57)59-47-46-53(3,4)5)61-52(55)45-43-41-39-37-35-33-31-29-27-25-23-21-19-17-15-13-11-9-7-2/h14-17,20-23,27,29,33,35,50H,6-13,18-19,24-26,28,30-32,34,36-49H2,1-5H3/p+1/b16-14-,17-15-,22-20-,23-21-,29-27-,35-33-/t50-/m1/s1. The van der Waals surface area contributed by atoms with Crippen molar-refractivity contribution in [3.05, 3.63) is 72.9 Å². The van der Waals surface area contributed by atoms with E-state index >= 15 is 0 Å². The maximum absolute atomic E-state index is 12.7. The molecule has 358 valence electrons. The largest absolute Gasteiger partial charge is 0.472 e. The van der Waals surface area contributed by atoms with Crippen LogP contribution < -0.4 is 0 Å². The van der Waals surface area contributed by atoms with Gasteiger partial charge in [-0.25, -0.2) is 4.57 Å². The van der Waals surface area contributed by atoms with Gasteiger partial charge >= 0.3 is 19.8 Å². The van der Waals surface area contributed by atoms with Gasteiger partial charge in [0.2, 0.25) is 0 Å². The molecule has 0 heterocycles. The molecule has 0 aromatic rings. The summed E-state index contributed by atoms with van der Waals surface area (Å²) in [6.45, 7) is 4.33. The molecule has 0 aromatic carbocycles. The predicted molar refractivity (Wildman–Crippen MR) is 261 cm³/mol. The van der Waals surface area contributed by atoms with Crippen LogP contribution >= 0.6 is 7.82 Å². The number of phosphoric acid groups is 1. The van der Waals surface area contributed by atoms with Crippen LogP contribution in [-0.2, 0) is 32.7 Å². The van der Waals surface area contributed by atoms with Gasteiger partial charge in [-0.15, -0.1) is 0 Å². The second-order valence-electron chi connectivity index (χ2n) is 17.5. The van der Waals surface area contributed by atoms with Gasteiger partial charge in [-0.05, 0) is 89.9 Å². The number of phosphoric ester groups is 1. The molecule has 0 aliphatic rings.